The lowest BCUT2D eigenvalue weighted by Gasteiger charge is -2.21. The maximum atomic E-state index is 13.1. The van der Waals surface area contributed by atoms with Crippen molar-refractivity contribution in [3.8, 4) is 0 Å². The topological polar surface area (TPSA) is 12.4 Å². The predicted molar refractivity (Wildman–Crippen MR) is 112 cm³/mol. The van der Waals surface area contributed by atoms with Crippen molar-refractivity contribution < 1.29 is 4.39 Å². The zero-order valence-electron chi connectivity index (χ0n) is 15.2. The summed E-state index contributed by atoms with van der Waals surface area (Å²) < 4.78 is 13.1. The molecule has 0 radical (unpaired) electrons. The van der Waals surface area contributed by atoms with Gasteiger partial charge in [0.2, 0.25) is 0 Å². The maximum Gasteiger partial charge on any atom is 0.123 e. The largest absolute Gasteiger partial charge is 0.248 e. The molecule has 0 bridgehead atoms. The van der Waals surface area contributed by atoms with Crippen LogP contribution in [0.1, 0.15) is 23.1 Å². The minimum Gasteiger partial charge on any atom is -0.248 e. The Bertz CT molecular complexity index is 1000. The second-order valence-electron chi connectivity index (χ2n) is 6.67. The van der Waals surface area contributed by atoms with Crippen LogP contribution in [0.2, 0.25) is 0 Å². The van der Waals surface area contributed by atoms with E-state index in [4.69, 9.17) is 4.99 Å². The van der Waals surface area contributed by atoms with Crippen molar-refractivity contribution >= 4 is 23.2 Å². The van der Waals surface area contributed by atoms with Crippen LogP contribution in [0.3, 0.4) is 0 Å². The molecule has 0 aromatic heterocycles. The standard InChI is InChI=1S/C24H20FNS/c1-17-6-12-21(13-7-17)26-24-19(9-8-18-4-2-3-5-23(18)24)16-27-22-14-10-20(25)11-15-22/h2-7,10-16H,8-9H2,1H3. The molecule has 1 nitrogen and oxygen atoms in total. The van der Waals surface area contributed by atoms with Gasteiger partial charge in [-0.2, -0.15) is 0 Å². The molecule has 0 saturated carbocycles. The molecule has 0 aliphatic heterocycles. The van der Waals surface area contributed by atoms with Crippen LogP contribution in [0.15, 0.2) is 93.7 Å². The molecule has 0 atom stereocenters. The first-order chi connectivity index (χ1) is 13.2. The Kier molecular flexibility index (Phi) is 5.21. The van der Waals surface area contributed by atoms with Gasteiger partial charge in [-0.05, 0) is 72.7 Å². The molecule has 1 aliphatic rings. The summed E-state index contributed by atoms with van der Waals surface area (Å²) in [5, 5.41) is 2.16. The minimum atomic E-state index is -0.208. The number of benzene rings is 3. The normalized spacial score (nSPS) is 16.5. The molecule has 1 aliphatic carbocycles. The number of allylic oxidation sites excluding steroid dienone is 1. The van der Waals surface area contributed by atoms with Crippen LogP contribution in [0, 0.1) is 12.7 Å². The summed E-state index contributed by atoms with van der Waals surface area (Å²) in [6, 6.07) is 23.4. The molecule has 0 heterocycles. The number of nitrogens with zero attached hydrogens (tertiary/aromatic N) is 1. The molecule has 0 saturated heterocycles. The molecule has 0 fully saturated rings. The van der Waals surface area contributed by atoms with E-state index in [1.165, 1.54) is 34.4 Å². The van der Waals surface area contributed by atoms with Gasteiger partial charge in [-0.25, -0.2) is 9.38 Å². The number of aryl methyl sites for hydroxylation is 2. The molecule has 3 aromatic carbocycles. The molecule has 134 valence electrons. The average Bonchev–Trinajstić information content (AvgIpc) is 2.70. The summed E-state index contributed by atoms with van der Waals surface area (Å²) in [7, 11) is 0. The van der Waals surface area contributed by atoms with Gasteiger partial charge in [0.1, 0.15) is 5.82 Å². The van der Waals surface area contributed by atoms with Crippen LogP contribution < -0.4 is 0 Å². The van der Waals surface area contributed by atoms with E-state index in [2.05, 4.69) is 60.9 Å². The van der Waals surface area contributed by atoms with E-state index in [-0.39, 0.29) is 5.82 Å². The fourth-order valence-electron chi connectivity index (χ4n) is 3.18. The Balaban J connectivity index is 1.72. The molecule has 0 unspecified atom stereocenters. The molecular formula is C24H20FNS. The van der Waals surface area contributed by atoms with E-state index in [0.717, 1.165) is 29.1 Å². The monoisotopic (exact) mass is 373 g/mol. The molecular weight excluding hydrogens is 353 g/mol. The fraction of sp³-hybridized carbons (Fsp3) is 0.125. The van der Waals surface area contributed by atoms with Crippen molar-refractivity contribution in [1.29, 1.82) is 0 Å². The Labute approximate surface area is 163 Å². The zero-order chi connectivity index (χ0) is 18.6. The Hall–Kier alpha value is -2.65. The predicted octanol–water partition coefficient (Wildman–Crippen LogP) is 6.88. The molecule has 3 aromatic rings. The molecule has 27 heavy (non-hydrogen) atoms. The summed E-state index contributed by atoms with van der Waals surface area (Å²) in [6.45, 7) is 2.08. The average molecular weight is 373 g/mol. The second kappa shape index (κ2) is 7.93. The second-order valence-corrected chi connectivity index (χ2v) is 7.61. The highest BCUT2D eigenvalue weighted by Crippen LogP contribution is 2.31. The SMILES string of the molecule is Cc1ccc(N=C2C(=CSc3ccc(F)cc3)CCc3ccccc32)cc1. The Morgan fingerprint density at radius 1 is 0.889 bits per heavy atom. The number of aliphatic imine (C=N–C) groups is 1. The highest BCUT2D eigenvalue weighted by atomic mass is 32.2. The number of hydrogen-bond donors (Lipinski definition) is 0. The van der Waals surface area contributed by atoms with Crippen LogP contribution in [-0.2, 0) is 6.42 Å². The lowest BCUT2D eigenvalue weighted by atomic mass is 9.87. The third-order valence-corrected chi connectivity index (χ3v) is 5.61. The van der Waals surface area contributed by atoms with Crippen LogP contribution in [0.5, 0.6) is 0 Å². The highest BCUT2D eigenvalue weighted by molar-refractivity contribution is 8.02. The van der Waals surface area contributed by atoms with Gasteiger partial charge in [0, 0.05) is 10.5 Å². The van der Waals surface area contributed by atoms with Crippen molar-refractivity contribution in [3.05, 3.63) is 106 Å². The van der Waals surface area contributed by atoms with Gasteiger partial charge in [0.05, 0.1) is 11.4 Å². The highest BCUT2D eigenvalue weighted by Gasteiger charge is 2.19. The summed E-state index contributed by atoms with van der Waals surface area (Å²) in [5.41, 5.74) is 7.00. The molecule has 0 N–H and O–H groups in total. The summed E-state index contributed by atoms with van der Waals surface area (Å²) in [4.78, 5) is 6.01. The van der Waals surface area contributed by atoms with Crippen LogP contribution in [-0.4, -0.2) is 5.71 Å². The number of fused-ring (bicyclic) bond motifs is 1. The third-order valence-electron chi connectivity index (χ3n) is 4.67. The number of rotatable bonds is 3. The van der Waals surface area contributed by atoms with E-state index in [1.807, 2.05) is 12.1 Å². The van der Waals surface area contributed by atoms with Crippen molar-refractivity contribution in [2.75, 3.05) is 0 Å². The van der Waals surface area contributed by atoms with Gasteiger partial charge >= 0.3 is 0 Å². The number of halogens is 1. The van der Waals surface area contributed by atoms with Crippen molar-refractivity contribution in [2.45, 2.75) is 24.7 Å². The van der Waals surface area contributed by atoms with E-state index in [0.29, 0.717) is 0 Å². The molecule has 0 amide bonds. The smallest absolute Gasteiger partial charge is 0.123 e. The minimum absolute atomic E-state index is 0.208. The van der Waals surface area contributed by atoms with Crippen LogP contribution in [0.4, 0.5) is 10.1 Å². The van der Waals surface area contributed by atoms with Gasteiger partial charge in [0.15, 0.2) is 0 Å². The van der Waals surface area contributed by atoms with Crippen LogP contribution in [0.25, 0.3) is 0 Å². The molecule has 3 heteroatoms. The lowest BCUT2D eigenvalue weighted by molar-refractivity contribution is 0.626. The maximum absolute atomic E-state index is 13.1. The van der Waals surface area contributed by atoms with Gasteiger partial charge < -0.3 is 0 Å². The zero-order valence-corrected chi connectivity index (χ0v) is 16.0. The van der Waals surface area contributed by atoms with E-state index in [1.54, 1.807) is 11.8 Å². The first kappa shape index (κ1) is 17.7. The van der Waals surface area contributed by atoms with E-state index in [9.17, 15) is 4.39 Å². The summed E-state index contributed by atoms with van der Waals surface area (Å²) in [6.07, 6.45) is 1.97. The lowest BCUT2D eigenvalue weighted by Crippen LogP contribution is -2.14. The third kappa shape index (κ3) is 4.20. The van der Waals surface area contributed by atoms with Gasteiger partial charge in [-0.1, -0.05) is 53.7 Å². The fourth-order valence-corrected chi connectivity index (χ4v) is 3.98. The van der Waals surface area contributed by atoms with Crippen molar-refractivity contribution in [3.63, 3.8) is 0 Å². The van der Waals surface area contributed by atoms with Gasteiger partial charge in [-0.15, -0.1) is 0 Å². The summed E-state index contributed by atoms with van der Waals surface area (Å²) >= 11 is 1.62. The Morgan fingerprint density at radius 2 is 1.63 bits per heavy atom. The number of hydrogen-bond acceptors (Lipinski definition) is 2. The van der Waals surface area contributed by atoms with Gasteiger partial charge in [-0.3, -0.25) is 0 Å². The first-order valence-corrected chi connectivity index (χ1v) is 9.92. The molecule has 0 spiro atoms. The quantitative estimate of drug-likeness (QED) is 0.456. The van der Waals surface area contributed by atoms with Crippen LogP contribution >= 0.6 is 11.8 Å². The van der Waals surface area contributed by atoms with E-state index >= 15 is 0 Å². The summed E-state index contributed by atoms with van der Waals surface area (Å²) in [5.74, 6) is -0.208. The van der Waals surface area contributed by atoms with Crippen molar-refractivity contribution in [1.82, 2.24) is 0 Å². The number of thioether (sulfide) groups is 1. The molecule has 4 rings (SSSR count). The van der Waals surface area contributed by atoms with E-state index < -0.39 is 0 Å². The van der Waals surface area contributed by atoms with Gasteiger partial charge in [0.25, 0.3) is 0 Å². The Morgan fingerprint density at radius 3 is 2.41 bits per heavy atom. The first-order valence-electron chi connectivity index (χ1n) is 9.04. The van der Waals surface area contributed by atoms with Crippen molar-refractivity contribution in [2.24, 2.45) is 4.99 Å².